The molecule has 3 aliphatic heterocycles. The smallest absolute Gasteiger partial charge is 0.326 e. The molecule has 8 aromatic carbocycles. The van der Waals surface area contributed by atoms with Gasteiger partial charge in [0.25, 0.3) is 0 Å². The second kappa shape index (κ2) is 25.2. The van der Waals surface area contributed by atoms with Crippen molar-refractivity contribution < 1.29 is 42.8 Å². The molecule has 0 spiro atoms. The summed E-state index contributed by atoms with van der Waals surface area (Å²) in [5.74, 6) is 1.84. The Morgan fingerprint density at radius 2 is 0.918 bits per heavy atom. The number of carbonyl (C=O) groups excluding carboxylic acids is 3. The van der Waals surface area contributed by atoms with Gasteiger partial charge in [-0.1, -0.05) is 176 Å². The largest absolute Gasteiger partial charge is 0.489 e. The quantitative estimate of drug-likeness (QED) is 0.0828. The zero-order chi connectivity index (χ0) is 50.0. The van der Waals surface area contributed by atoms with Crippen LogP contribution in [0.4, 0.5) is 0 Å². The molecular formula is C62H56N2O9. The Labute approximate surface area is 425 Å². The van der Waals surface area contributed by atoms with E-state index >= 15 is 0 Å². The molecule has 0 bridgehead atoms. The maximum absolute atomic E-state index is 13.4. The van der Waals surface area contributed by atoms with Gasteiger partial charge in [0.2, 0.25) is 0 Å². The molecule has 8 aromatic rings. The van der Waals surface area contributed by atoms with E-state index in [-0.39, 0.29) is 30.6 Å². The number of esters is 2. The Bertz CT molecular complexity index is 2940. The predicted molar refractivity (Wildman–Crippen MR) is 278 cm³/mol. The SMILES string of the molecule is O=C1CN[C@@H](c2ccccc2)CO1.O=C1OC[C@H](c2ccccc2)N2C(c3ccc(OCc4ccccc4)cc3)O[C@H](c3ccc(OCc4ccccc4)cc3)C12.O=Cc1ccc(OCc2ccccc2)cc1. The number of benzene rings is 8. The van der Waals surface area contributed by atoms with E-state index < -0.39 is 18.4 Å². The molecule has 1 N–H and O–H groups in total. The van der Waals surface area contributed by atoms with Gasteiger partial charge in [-0.05, 0) is 87.5 Å². The fraction of sp³-hybridized carbons (Fsp3) is 0.177. The van der Waals surface area contributed by atoms with Crippen molar-refractivity contribution in [2.24, 2.45) is 0 Å². The second-order valence-electron chi connectivity index (χ2n) is 17.5. The number of hydrogen-bond donors (Lipinski definition) is 1. The van der Waals surface area contributed by atoms with Crippen molar-refractivity contribution >= 4 is 18.2 Å². The molecule has 368 valence electrons. The van der Waals surface area contributed by atoms with Crippen molar-refractivity contribution in [3.63, 3.8) is 0 Å². The van der Waals surface area contributed by atoms with Crippen molar-refractivity contribution in [2.75, 3.05) is 19.8 Å². The highest BCUT2D eigenvalue weighted by Crippen LogP contribution is 2.49. The molecule has 3 heterocycles. The Morgan fingerprint density at radius 3 is 1.37 bits per heavy atom. The van der Waals surface area contributed by atoms with Crippen LogP contribution in [0, 0.1) is 0 Å². The second-order valence-corrected chi connectivity index (χ2v) is 17.5. The number of cyclic esters (lactones) is 2. The highest BCUT2D eigenvalue weighted by molar-refractivity contribution is 5.78. The zero-order valence-electron chi connectivity index (χ0n) is 40.2. The number of nitrogens with zero attached hydrogens (tertiary/aromatic N) is 1. The first kappa shape index (κ1) is 49.6. The van der Waals surface area contributed by atoms with Crippen LogP contribution < -0.4 is 19.5 Å². The van der Waals surface area contributed by atoms with Gasteiger partial charge in [0.1, 0.15) is 74.9 Å². The fourth-order valence-corrected chi connectivity index (χ4v) is 8.72. The van der Waals surface area contributed by atoms with Gasteiger partial charge in [-0.3, -0.25) is 19.7 Å². The highest BCUT2D eigenvalue weighted by atomic mass is 16.6. The highest BCUT2D eigenvalue weighted by Gasteiger charge is 2.54. The van der Waals surface area contributed by atoms with Crippen molar-refractivity contribution in [1.29, 1.82) is 0 Å². The van der Waals surface area contributed by atoms with Crippen LogP contribution in [0.2, 0.25) is 0 Å². The predicted octanol–water partition coefficient (Wildman–Crippen LogP) is 11.5. The van der Waals surface area contributed by atoms with Crippen LogP contribution in [0.3, 0.4) is 0 Å². The van der Waals surface area contributed by atoms with Crippen LogP contribution in [-0.4, -0.2) is 48.9 Å². The zero-order valence-corrected chi connectivity index (χ0v) is 40.2. The molecule has 0 radical (unpaired) electrons. The summed E-state index contributed by atoms with van der Waals surface area (Å²) in [6.45, 7) is 2.51. The van der Waals surface area contributed by atoms with E-state index in [4.69, 9.17) is 28.4 Å². The van der Waals surface area contributed by atoms with Gasteiger partial charge >= 0.3 is 11.9 Å². The summed E-state index contributed by atoms with van der Waals surface area (Å²) in [7, 11) is 0. The lowest BCUT2D eigenvalue weighted by Gasteiger charge is -2.39. The molecule has 11 rings (SSSR count). The number of fused-ring (bicyclic) bond motifs is 1. The van der Waals surface area contributed by atoms with Crippen molar-refractivity contribution in [3.8, 4) is 17.2 Å². The van der Waals surface area contributed by atoms with Gasteiger partial charge in [-0.15, -0.1) is 0 Å². The topological polar surface area (TPSA) is 122 Å². The molecule has 11 heteroatoms. The Morgan fingerprint density at radius 1 is 0.479 bits per heavy atom. The van der Waals surface area contributed by atoms with E-state index in [1.54, 1.807) is 24.3 Å². The van der Waals surface area contributed by atoms with Gasteiger partial charge in [0.05, 0.1) is 18.6 Å². The van der Waals surface area contributed by atoms with Gasteiger partial charge in [-0.25, -0.2) is 4.90 Å². The van der Waals surface area contributed by atoms with Crippen LogP contribution in [0.5, 0.6) is 17.2 Å². The normalized spacial score (nSPS) is 19.0. The first-order chi connectivity index (χ1) is 36.0. The van der Waals surface area contributed by atoms with Crippen LogP contribution >= 0.6 is 0 Å². The Hall–Kier alpha value is -8.35. The van der Waals surface area contributed by atoms with E-state index in [1.165, 1.54) is 0 Å². The molecule has 0 aromatic heterocycles. The summed E-state index contributed by atoms with van der Waals surface area (Å²) < 4.78 is 35.1. The first-order valence-corrected chi connectivity index (χ1v) is 24.3. The summed E-state index contributed by atoms with van der Waals surface area (Å²) >= 11 is 0. The molecule has 3 fully saturated rings. The molecule has 11 nitrogen and oxygen atoms in total. The number of ether oxygens (including phenoxy) is 6. The van der Waals surface area contributed by atoms with E-state index in [0.717, 1.165) is 62.5 Å². The molecule has 0 amide bonds. The van der Waals surface area contributed by atoms with Gasteiger partial charge in [-0.2, -0.15) is 0 Å². The average molecular weight is 973 g/mol. The van der Waals surface area contributed by atoms with Gasteiger partial charge in [0.15, 0.2) is 0 Å². The number of carbonyl (C=O) groups is 3. The Kier molecular flexibility index (Phi) is 17.1. The third-order valence-electron chi connectivity index (χ3n) is 12.6. The number of rotatable bonds is 14. The summed E-state index contributed by atoms with van der Waals surface area (Å²) in [4.78, 5) is 36.8. The molecule has 5 atom stereocenters. The third kappa shape index (κ3) is 13.5. The van der Waals surface area contributed by atoms with Gasteiger partial charge in [0, 0.05) is 5.56 Å². The first-order valence-electron chi connectivity index (χ1n) is 24.3. The Balaban J connectivity index is 0.000000183. The molecule has 3 saturated heterocycles. The lowest BCUT2D eigenvalue weighted by atomic mass is 9.96. The molecule has 0 aliphatic carbocycles. The minimum atomic E-state index is -0.607. The van der Waals surface area contributed by atoms with E-state index in [2.05, 4.69) is 22.3 Å². The average Bonchev–Trinajstić information content (AvgIpc) is 3.88. The molecule has 0 saturated carbocycles. The number of morpholine rings is 2. The minimum Gasteiger partial charge on any atom is -0.489 e. The van der Waals surface area contributed by atoms with Crippen molar-refractivity contribution in [3.05, 3.63) is 269 Å². The molecule has 3 aliphatic rings. The number of aldehydes is 1. The summed E-state index contributed by atoms with van der Waals surface area (Å²) in [5, 5.41) is 3.11. The minimum absolute atomic E-state index is 0.152. The lowest BCUT2D eigenvalue weighted by molar-refractivity contribution is -0.163. The number of hydrogen-bond acceptors (Lipinski definition) is 11. The van der Waals surface area contributed by atoms with E-state index in [0.29, 0.717) is 38.5 Å². The van der Waals surface area contributed by atoms with Crippen LogP contribution in [0.25, 0.3) is 0 Å². The van der Waals surface area contributed by atoms with Crippen LogP contribution in [-0.2, 0) is 43.6 Å². The summed E-state index contributed by atoms with van der Waals surface area (Å²) in [6.07, 6.45) is -0.155. The van der Waals surface area contributed by atoms with Crippen molar-refractivity contribution in [1.82, 2.24) is 10.2 Å². The molecular weight excluding hydrogens is 917 g/mol. The number of nitrogens with one attached hydrogen (secondary N) is 1. The monoisotopic (exact) mass is 972 g/mol. The maximum atomic E-state index is 13.4. The fourth-order valence-electron chi connectivity index (χ4n) is 8.72. The maximum Gasteiger partial charge on any atom is 0.326 e. The summed E-state index contributed by atoms with van der Waals surface area (Å²) in [6, 6.07) is 72.5. The molecule has 73 heavy (non-hydrogen) atoms. The van der Waals surface area contributed by atoms with Crippen molar-refractivity contribution in [2.45, 2.75) is 50.3 Å². The standard InChI is InChI=1S/C38H33NO5.C14H12O2.C10H11NO2/c40-38-35-36(30-16-20-32(21-17-30)41-24-27-10-4-1-5-11-27)44-37(39(35)34(26-43-38)29-14-8-3-9-15-29)31-18-22-33(23-19-31)42-25-28-12-6-2-7-13-28;15-10-12-6-8-14(9-7-12)16-11-13-4-2-1-3-5-13;12-10-6-11-9(7-13-10)8-4-2-1-3-5-8/h1-23,34-37H,24-26H2;1-10H,11H2;1-5,9,11H,6-7H2/t34-,35?,36-,37?;;9-/m1.1/s1. The van der Waals surface area contributed by atoms with Gasteiger partial charge < -0.3 is 28.4 Å². The summed E-state index contributed by atoms with van der Waals surface area (Å²) in [5.41, 5.74) is 8.07. The molecule has 2 unspecified atom stereocenters. The van der Waals surface area contributed by atoms with E-state index in [9.17, 15) is 14.4 Å². The lowest BCUT2D eigenvalue weighted by Crippen LogP contribution is -2.49. The van der Waals surface area contributed by atoms with Crippen LogP contribution in [0.1, 0.15) is 73.7 Å². The van der Waals surface area contributed by atoms with E-state index in [1.807, 2.05) is 188 Å². The van der Waals surface area contributed by atoms with Crippen LogP contribution in [0.15, 0.2) is 224 Å². The third-order valence-corrected chi connectivity index (χ3v) is 12.6.